The van der Waals surface area contributed by atoms with Crippen LogP contribution in [0.25, 0.3) is 0 Å². The number of carbonyl (C=O) groups excluding carboxylic acids is 1. The van der Waals surface area contributed by atoms with Crippen LogP contribution < -0.4 is 5.73 Å². The summed E-state index contributed by atoms with van der Waals surface area (Å²) in [4.78, 5) is 11.4. The van der Waals surface area contributed by atoms with E-state index in [1.807, 2.05) is 0 Å². The van der Waals surface area contributed by atoms with Gasteiger partial charge >= 0.3 is 5.97 Å². The van der Waals surface area contributed by atoms with Gasteiger partial charge in [-0.1, -0.05) is 0 Å². The maximum atomic E-state index is 11.4. The molecule has 0 amide bonds. The van der Waals surface area contributed by atoms with Gasteiger partial charge < -0.3 is 10.5 Å². The van der Waals surface area contributed by atoms with Gasteiger partial charge in [-0.25, -0.2) is 0 Å². The third-order valence-electron chi connectivity index (χ3n) is 3.64. The van der Waals surface area contributed by atoms with Crippen molar-refractivity contribution in [2.24, 2.45) is 17.1 Å². The maximum Gasteiger partial charge on any atom is 0.310 e. The Kier molecular flexibility index (Phi) is 2.06. The molecule has 2 rings (SSSR count). The Hall–Kier alpha value is -0.570. The molecule has 0 aliphatic heterocycles. The summed E-state index contributed by atoms with van der Waals surface area (Å²) in [7, 11) is 1.45. The number of hydrogen-bond donors (Lipinski definition) is 1. The molecule has 2 aliphatic carbocycles. The predicted molar refractivity (Wildman–Crippen MR) is 49.0 cm³/mol. The smallest absolute Gasteiger partial charge is 0.310 e. The molecule has 0 saturated heterocycles. The van der Waals surface area contributed by atoms with Gasteiger partial charge in [-0.2, -0.15) is 0 Å². The molecular weight excluding hydrogens is 166 g/mol. The van der Waals surface area contributed by atoms with E-state index in [1.165, 1.54) is 26.4 Å². The third-order valence-corrected chi connectivity index (χ3v) is 3.64. The molecule has 2 fully saturated rings. The average Bonchev–Trinajstić information content (AvgIpc) is 2.89. The van der Waals surface area contributed by atoms with Crippen molar-refractivity contribution in [3.63, 3.8) is 0 Å². The molecule has 2 N–H and O–H groups in total. The summed E-state index contributed by atoms with van der Waals surface area (Å²) in [6, 6.07) is 0.0266. The van der Waals surface area contributed by atoms with E-state index < -0.39 is 0 Å². The zero-order valence-corrected chi connectivity index (χ0v) is 8.08. The van der Waals surface area contributed by atoms with Crippen LogP contribution in [-0.2, 0) is 9.53 Å². The first-order valence-corrected chi connectivity index (χ1v) is 5.00. The molecule has 1 spiro atoms. The lowest BCUT2D eigenvalue weighted by Gasteiger charge is -2.32. The van der Waals surface area contributed by atoms with Gasteiger partial charge in [0.2, 0.25) is 0 Å². The zero-order chi connectivity index (χ0) is 9.47. The largest absolute Gasteiger partial charge is 0.469 e. The van der Waals surface area contributed by atoms with Gasteiger partial charge in [0.05, 0.1) is 13.0 Å². The highest BCUT2D eigenvalue weighted by Crippen LogP contribution is 2.57. The molecule has 0 radical (unpaired) electrons. The van der Waals surface area contributed by atoms with Crippen LogP contribution >= 0.6 is 0 Å². The molecular formula is C10H17NO2. The van der Waals surface area contributed by atoms with Crippen molar-refractivity contribution >= 4 is 5.97 Å². The van der Waals surface area contributed by atoms with E-state index in [4.69, 9.17) is 10.5 Å². The SMILES string of the molecule is COC(=O)[C@H]1CC2(CC[C@H]1N)CC2. The minimum atomic E-state index is -0.113. The molecule has 74 valence electrons. The summed E-state index contributed by atoms with van der Waals surface area (Å²) in [5.74, 6) is -0.153. The van der Waals surface area contributed by atoms with Crippen molar-refractivity contribution in [3.05, 3.63) is 0 Å². The van der Waals surface area contributed by atoms with Crippen LogP contribution in [0.5, 0.6) is 0 Å². The van der Waals surface area contributed by atoms with Crippen LogP contribution in [0.15, 0.2) is 0 Å². The number of carbonyl (C=O) groups is 1. The van der Waals surface area contributed by atoms with E-state index in [0.717, 1.165) is 12.8 Å². The second-order valence-electron chi connectivity index (χ2n) is 4.54. The fourth-order valence-electron chi connectivity index (χ4n) is 2.43. The Bertz CT molecular complexity index is 223. The van der Waals surface area contributed by atoms with Crippen LogP contribution in [0, 0.1) is 11.3 Å². The van der Waals surface area contributed by atoms with Gasteiger partial charge in [0.25, 0.3) is 0 Å². The monoisotopic (exact) mass is 183 g/mol. The summed E-state index contributed by atoms with van der Waals surface area (Å²) in [5, 5.41) is 0. The van der Waals surface area contributed by atoms with Crippen molar-refractivity contribution in [1.82, 2.24) is 0 Å². The lowest BCUT2D eigenvalue weighted by Crippen LogP contribution is -2.41. The summed E-state index contributed by atoms with van der Waals surface area (Å²) >= 11 is 0. The average molecular weight is 183 g/mol. The summed E-state index contributed by atoms with van der Waals surface area (Å²) in [5.41, 5.74) is 6.38. The second kappa shape index (κ2) is 2.98. The van der Waals surface area contributed by atoms with Crippen molar-refractivity contribution in [3.8, 4) is 0 Å². The van der Waals surface area contributed by atoms with E-state index >= 15 is 0 Å². The highest BCUT2D eigenvalue weighted by atomic mass is 16.5. The predicted octanol–water partition coefficient (Wildman–Crippen LogP) is 1.07. The fourth-order valence-corrected chi connectivity index (χ4v) is 2.43. The molecule has 3 heteroatoms. The minimum absolute atomic E-state index is 0.0266. The topological polar surface area (TPSA) is 52.3 Å². The zero-order valence-electron chi connectivity index (χ0n) is 8.08. The first-order valence-electron chi connectivity index (χ1n) is 5.00. The quantitative estimate of drug-likeness (QED) is 0.618. The Balaban J connectivity index is 2.02. The van der Waals surface area contributed by atoms with E-state index in [0.29, 0.717) is 5.41 Å². The number of methoxy groups -OCH3 is 1. The molecule has 13 heavy (non-hydrogen) atoms. The third kappa shape index (κ3) is 1.57. The number of nitrogens with two attached hydrogens (primary N) is 1. The molecule has 0 aromatic heterocycles. The van der Waals surface area contributed by atoms with Crippen LogP contribution in [0.3, 0.4) is 0 Å². The van der Waals surface area contributed by atoms with Crippen molar-refractivity contribution in [1.29, 1.82) is 0 Å². The van der Waals surface area contributed by atoms with E-state index in [2.05, 4.69) is 0 Å². The summed E-state index contributed by atoms with van der Waals surface area (Å²) < 4.78 is 4.76. The van der Waals surface area contributed by atoms with Crippen LogP contribution in [0.1, 0.15) is 32.1 Å². The molecule has 3 nitrogen and oxygen atoms in total. The normalized spacial score (nSPS) is 35.8. The Morgan fingerprint density at radius 2 is 2.15 bits per heavy atom. The number of hydrogen-bond acceptors (Lipinski definition) is 3. The minimum Gasteiger partial charge on any atom is -0.469 e. The molecule has 0 unspecified atom stereocenters. The summed E-state index contributed by atoms with van der Waals surface area (Å²) in [6.07, 6.45) is 5.72. The van der Waals surface area contributed by atoms with Gasteiger partial charge in [0.15, 0.2) is 0 Å². The highest BCUT2D eigenvalue weighted by molar-refractivity contribution is 5.73. The first-order chi connectivity index (χ1) is 6.17. The van der Waals surface area contributed by atoms with E-state index in [1.54, 1.807) is 0 Å². The maximum absolute atomic E-state index is 11.4. The standard InChI is InChI=1S/C10H17NO2/c1-13-9(12)7-6-10(4-5-10)3-2-8(7)11/h7-8H,2-6,11H2,1H3/t7-,8+/m0/s1. The van der Waals surface area contributed by atoms with Crippen LogP contribution in [-0.4, -0.2) is 19.1 Å². The molecule has 0 aromatic rings. The molecule has 2 aliphatic rings. The first kappa shape index (κ1) is 9.00. The van der Waals surface area contributed by atoms with Crippen molar-refractivity contribution < 1.29 is 9.53 Å². The van der Waals surface area contributed by atoms with Crippen LogP contribution in [0.4, 0.5) is 0 Å². The van der Waals surface area contributed by atoms with Gasteiger partial charge in [0, 0.05) is 6.04 Å². The van der Waals surface area contributed by atoms with Gasteiger partial charge in [-0.15, -0.1) is 0 Å². The van der Waals surface area contributed by atoms with Crippen molar-refractivity contribution in [2.75, 3.05) is 7.11 Å². The van der Waals surface area contributed by atoms with Gasteiger partial charge in [-0.05, 0) is 37.5 Å². The molecule has 0 bridgehead atoms. The Morgan fingerprint density at radius 3 is 2.69 bits per heavy atom. The summed E-state index contributed by atoms with van der Waals surface area (Å²) in [6.45, 7) is 0. The van der Waals surface area contributed by atoms with E-state index in [-0.39, 0.29) is 17.9 Å². The second-order valence-corrected chi connectivity index (χ2v) is 4.54. The Morgan fingerprint density at radius 1 is 1.46 bits per heavy atom. The number of rotatable bonds is 1. The Labute approximate surface area is 78.6 Å². The number of ether oxygens (including phenoxy) is 1. The van der Waals surface area contributed by atoms with Gasteiger partial charge in [0.1, 0.15) is 0 Å². The van der Waals surface area contributed by atoms with E-state index in [9.17, 15) is 4.79 Å². The van der Waals surface area contributed by atoms with Gasteiger partial charge in [-0.3, -0.25) is 4.79 Å². The fraction of sp³-hybridized carbons (Fsp3) is 0.900. The lowest BCUT2D eigenvalue weighted by molar-refractivity contribution is -0.148. The highest BCUT2D eigenvalue weighted by Gasteiger charge is 2.49. The molecule has 2 atom stereocenters. The lowest BCUT2D eigenvalue weighted by atomic mass is 9.76. The molecule has 0 aromatic carbocycles. The van der Waals surface area contributed by atoms with Crippen LogP contribution in [0.2, 0.25) is 0 Å². The number of esters is 1. The molecule has 0 heterocycles. The molecule has 2 saturated carbocycles. The van der Waals surface area contributed by atoms with Crippen molar-refractivity contribution in [2.45, 2.75) is 38.1 Å².